The first kappa shape index (κ1) is 21.0. The van der Waals surface area contributed by atoms with Crippen molar-refractivity contribution in [2.45, 2.75) is 12.5 Å². The van der Waals surface area contributed by atoms with Crippen LogP contribution in [0.1, 0.15) is 27.6 Å². The maximum Gasteiger partial charge on any atom is 0.335 e. The van der Waals surface area contributed by atoms with Gasteiger partial charge in [0.1, 0.15) is 5.82 Å². The lowest BCUT2D eigenvalue weighted by atomic mass is 10.0. The predicted molar refractivity (Wildman–Crippen MR) is 112 cm³/mol. The SMILES string of the molecule is O=C(O)c1ccc(-c2ccc(CCNC[C@H](O)c3cccc(Cl)c3)cc2)c(F)c1. The third-order valence-corrected chi connectivity index (χ3v) is 4.88. The van der Waals surface area contributed by atoms with Gasteiger partial charge in [-0.2, -0.15) is 0 Å². The van der Waals surface area contributed by atoms with Crippen LogP contribution in [-0.4, -0.2) is 29.3 Å². The molecule has 3 aromatic carbocycles. The molecule has 3 N–H and O–H groups in total. The van der Waals surface area contributed by atoms with Crippen molar-refractivity contribution in [1.29, 1.82) is 0 Å². The highest BCUT2D eigenvalue weighted by Gasteiger charge is 2.10. The second kappa shape index (κ2) is 9.65. The molecule has 3 aromatic rings. The number of nitrogens with one attached hydrogen (secondary N) is 1. The number of carboxylic acid groups (broad SMARTS) is 1. The van der Waals surface area contributed by atoms with E-state index in [0.29, 0.717) is 29.2 Å². The number of aliphatic hydroxyl groups excluding tert-OH is 1. The lowest BCUT2D eigenvalue weighted by Gasteiger charge is -2.13. The number of carboxylic acids is 1. The Morgan fingerprint density at radius 3 is 2.48 bits per heavy atom. The summed E-state index contributed by atoms with van der Waals surface area (Å²) < 4.78 is 14.2. The Morgan fingerprint density at radius 1 is 1.07 bits per heavy atom. The van der Waals surface area contributed by atoms with Crippen LogP contribution in [0.5, 0.6) is 0 Å². The quantitative estimate of drug-likeness (QED) is 0.468. The zero-order chi connectivity index (χ0) is 20.8. The van der Waals surface area contributed by atoms with Crippen LogP contribution in [0.2, 0.25) is 5.02 Å². The van der Waals surface area contributed by atoms with E-state index in [1.54, 1.807) is 18.2 Å². The van der Waals surface area contributed by atoms with E-state index in [2.05, 4.69) is 5.32 Å². The van der Waals surface area contributed by atoms with Gasteiger partial charge in [-0.25, -0.2) is 9.18 Å². The van der Waals surface area contributed by atoms with Crippen molar-refractivity contribution < 1.29 is 19.4 Å². The second-order valence-corrected chi connectivity index (χ2v) is 7.16. The van der Waals surface area contributed by atoms with E-state index in [9.17, 15) is 14.3 Å². The number of carbonyl (C=O) groups is 1. The van der Waals surface area contributed by atoms with Crippen LogP contribution in [0.25, 0.3) is 11.1 Å². The molecule has 0 aliphatic rings. The molecule has 0 unspecified atom stereocenters. The largest absolute Gasteiger partial charge is 0.478 e. The number of aliphatic hydroxyl groups is 1. The van der Waals surface area contributed by atoms with Crippen LogP contribution in [0.3, 0.4) is 0 Å². The maximum atomic E-state index is 14.2. The van der Waals surface area contributed by atoms with Gasteiger partial charge in [-0.05, 0) is 53.9 Å². The first-order valence-corrected chi connectivity index (χ1v) is 9.58. The maximum absolute atomic E-state index is 14.2. The van der Waals surface area contributed by atoms with E-state index in [4.69, 9.17) is 16.7 Å². The fourth-order valence-electron chi connectivity index (χ4n) is 3.04. The molecule has 3 rings (SSSR count). The van der Waals surface area contributed by atoms with Gasteiger partial charge in [-0.3, -0.25) is 0 Å². The average molecular weight is 414 g/mol. The third-order valence-electron chi connectivity index (χ3n) is 4.64. The van der Waals surface area contributed by atoms with Crippen molar-refractivity contribution >= 4 is 17.6 Å². The van der Waals surface area contributed by atoms with Crippen LogP contribution < -0.4 is 5.32 Å². The summed E-state index contributed by atoms with van der Waals surface area (Å²) in [6.07, 6.45) is 0.121. The van der Waals surface area contributed by atoms with Crippen molar-refractivity contribution in [2.24, 2.45) is 0 Å². The molecule has 0 amide bonds. The van der Waals surface area contributed by atoms with E-state index in [1.165, 1.54) is 12.1 Å². The third kappa shape index (κ3) is 5.64. The van der Waals surface area contributed by atoms with E-state index < -0.39 is 17.9 Å². The first-order valence-electron chi connectivity index (χ1n) is 9.20. The molecule has 0 fully saturated rings. The minimum Gasteiger partial charge on any atom is -0.478 e. The normalized spacial score (nSPS) is 12.0. The number of hydrogen-bond donors (Lipinski definition) is 3. The van der Waals surface area contributed by atoms with Gasteiger partial charge < -0.3 is 15.5 Å². The first-order chi connectivity index (χ1) is 13.9. The summed E-state index contributed by atoms with van der Waals surface area (Å²) in [6, 6.07) is 18.5. The van der Waals surface area contributed by atoms with Crippen LogP contribution in [0.15, 0.2) is 66.7 Å². The molecule has 0 aliphatic heterocycles. The van der Waals surface area contributed by atoms with Crippen molar-refractivity contribution in [2.75, 3.05) is 13.1 Å². The lowest BCUT2D eigenvalue weighted by Crippen LogP contribution is -2.23. The van der Waals surface area contributed by atoms with E-state index in [-0.39, 0.29) is 5.56 Å². The highest BCUT2D eigenvalue weighted by atomic mass is 35.5. The number of rotatable bonds is 8. The smallest absolute Gasteiger partial charge is 0.335 e. The number of halogens is 2. The molecular weight excluding hydrogens is 393 g/mol. The Bertz CT molecular complexity index is 992. The molecule has 0 aromatic heterocycles. The Kier molecular flexibility index (Phi) is 6.99. The Hall–Kier alpha value is -2.73. The van der Waals surface area contributed by atoms with E-state index in [0.717, 1.165) is 23.6 Å². The molecule has 0 bridgehead atoms. The molecule has 0 saturated heterocycles. The summed E-state index contributed by atoms with van der Waals surface area (Å²) in [4.78, 5) is 10.9. The topological polar surface area (TPSA) is 69.6 Å². The van der Waals surface area contributed by atoms with Crippen molar-refractivity contribution in [3.05, 3.63) is 94.3 Å². The molecule has 29 heavy (non-hydrogen) atoms. The van der Waals surface area contributed by atoms with Gasteiger partial charge in [0, 0.05) is 17.1 Å². The number of hydrogen-bond acceptors (Lipinski definition) is 3. The molecule has 0 heterocycles. The van der Waals surface area contributed by atoms with Crippen molar-refractivity contribution in [3.63, 3.8) is 0 Å². The highest BCUT2D eigenvalue weighted by Crippen LogP contribution is 2.24. The van der Waals surface area contributed by atoms with Crippen LogP contribution in [-0.2, 0) is 6.42 Å². The van der Waals surface area contributed by atoms with Crippen LogP contribution >= 0.6 is 11.6 Å². The average Bonchev–Trinajstić information content (AvgIpc) is 2.71. The second-order valence-electron chi connectivity index (χ2n) is 6.72. The molecular formula is C23H21ClFNO3. The van der Waals surface area contributed by atoms with Gasteiger partial charge in [0.05, 0.1) is 11.7 Å². The molecule has 6 heteroatoms. The number of aromatic carboxylic acids is 1. The number of benzene rings is 3. The molecule has 4 nitrogen and oxygen atoms in total. The fourth-order valence-corrected chi connectivity index (χ4v) is 3.24. The van der Waals surface area contributed by atoms with Crippen LogP contribution in [0.4, 0.5) is 4.39 Å². The van der Waals surface area contributed by atoms with E-state index in [1.807, 2.05) is 30.3 Å². The van der Waals surface area contributed by atoms with Crippen molar-refractivity contribution in [1.82, 2.24) is 5.32 Å². The van der Waals surface area contributed by atoms with Gasteiger partial charge >= 0.3 is 5.97 Å². The molecule has 1 atom stereocenters. The zero-order valence-corrected chi connectivity index (χ0v) is 16.4. The Morgan fingerprint density at radius 2 is 1.83 bits per heavy atom. The predicted octanol–water partition coefficient (Wildman–Crippen LogP) is 4.71. The van der Waals surface area contributed by atoms with Gasteiger partial charge in [-0.15, -0.1) is 0 Å². The summed E-state index contributed by atoms with van der Waals surface area (Å²) in [7, 11) is 0. The minimum atomic E-state index is -1.15. The Labute approximate surface area is 173 Å². The lowest BCUT2D eigenvalue weighted by molar-refractivity contribution is 0.0696. The molecule has 0 aliphatic carbocycles. The van der Waals surface area contributed by atoms with Gasteiger partial charge in [-0.1, -0.05) is 54.1 Å². The molecule has 0 spiro atoms. The van der Waals surface area contributed by atoms with Crippen molar-refractivity contribution in [3.8, 4) is 11.1 Å². The van der Waals surface area contributed by atoms with Gasteiger partial charge in [0.25, 0.3) is 0 Å². The minimum absolute atomic E-state index is 0.0751. The van der Waals surface area contributed by atoms with Gasteiger partial charge in [0.15, 0.2) is 0 Å². The summed E-state index contributed by atoms with van der Waals surface area (Å²) in [5, 5.41) is 22.9. The zero-order valence-electron chi connectivity index (χ0n) is 15.6. The Balaban J connectivity index is 1.53. The summed E-state index contributed by atoms with van der Waals surface area (Å²) in [6.45, 7) is 1.10. The summed E-state index contributed by atoms with van der Waals surface area (Å²) in [5.41, 5.74) is 2.82. The molecule has 0 radical (unpaired) electrons. The highest BCUT2D eigenvalue weighted by molar-refractivity contribution is 6.30. The van der Waals surface area contributed by atoms with Crippen LogP contribution in [0, 0.1) is 5.82 Å². The summed E-state index contributed by atoms with van der Waals surface area (Å²) in [5.74, 6) is -1.71. The van der Waals surface area contributed by atoms with E-state index >= 15 is 0 Å². The fraction of sp³-hybridized carbons (Fsp3) is 0.174. The standard InChI is InChI=1S/C23H21ClFNO3/c24-19-3-1-2-17(12-19)22(27)14-26-11-10-15-4-6-16(7-5-15)20-9-8-18(23(28)29)13-21(20)25/h1-9,12-13,22,26-27H,10-11,14H2,(H,28,29)/t22-/m0/s1. The summed E-state index contributed by atoms with van der Waals surface area (Å²) >= 11 is 5.94. The monoisotopic (exact) mass is 413 g/mol. The molecule has 0 saturated carbocycles. The molecule has 150 valence electrons. The van der Waals surface area contributed by atoms with Gasteiger partial charge in [0.2, 0.25) is 0 Å².